The molecule has 1 unspecified atom stereocenters. The van der Waals surface area contributed by atoms with E-state index in [4.69, 9.17) is 14.2 Å². The molecule has 6 nitrogen and oxygen atoms in total. The van der Waals surface area contributed by atoms with Crippen LogP contribution in [0, 0.1) is 0 Å². The summed E-state index contributed by atoms with van der Waals surface area (Å²) >= 11 is 0. The molecule has 0 heterocycles. The minimum absolute atomic E-state index is 0.0885. The van der Waals surface area contributed by atoms with E-state index in [1.54, 1.807) is 0 Å². The molecule has 0 aliphatic rings. The Labute approximate surface area is 508 Å². The number of hydrogen-bond donors (Lipinski definition) is 0. The molecule has 0 aromatic rings. The first kappa shape index (κ1) is 78.1. The first-order chi connectivity index (χ1) is 40.5. The van der Waals surface area contributed by atoms with Crippen LogP contribution in [-0.4, -0.2) is 37.2 Å². The van der Waals surface area contributed by atoms with Crippen LogP contribution in [0.5, 0.6) is 0 Å². The average molecular weight is 1140 g/mol. The van der Waals surface area contributed by atoms with Crippen LogP contribution in [0.1, 0.15) is 335 Å². The van der Waals surface area contributed by atoms with Crippen molar-refractivity contribution < 1.29 is 28.6 Å². The minimum Gasteiger partial charge on any atom is -0.462 e. The van der Waals surface area contributed by atoms with Gasteiger partial charge in [-0.25, -0.2) is 0 Å². The summed E-state index contributed by atoms with van der Waals surface area (Å²) in [6, 6.07) is 0. The lowest BCUT2D eigenvalue weighted by molar-refractivity contribution is -0.167. The average Bonchev–Trinajstić information content (AvgIpc) is 3.47. The Bertz CT molecular complexity index is 1640. The number of carbonyl (C=O) groups excluding carboxylic acids is 3. The van der Waals surface area contributed by atoms with Gasteiger partial charge >= 0.3 is 17.9 Å². The summed E-state index contributed by atoms with van der Waals surface area (Å²) in [5.74, 6) is -0.908. The van der Waals surface area contributed by atoms with E-state index in [2.05, 4.69) is 130 Å². The number of rotatable bonds is 63. The molecule has 0 bridgehead atoms. The number of allylic oxidation sites excluding steroid dienone is 18. The van der Waals surface area contributed by atoms with Crippen LogP contribution in [-0.2, 0) is 28.6 Å². The molecule has 0 N–H and O–H groups in total. The highest BCUT2D eigenvalue weighted by atomic mass is 16.6. The Morgan fingerprint density at radius 2 is 0.476 bits per heavy atom. The molecular weight excluding hydrogens is 1010 g/mol. The number of esters is 3. The lowest BCUT2D eigenvalue weighted by atomic mass is 10.0. The van der Waals surface area contributed by atoms with Gasteiger partial charge in [0.2, 0.25) is 0 Å². The molecule has 0 aliphatic carbocycles. The van der Waals surface area contributed by atoms with Gasteiger partial charge in [-0.05, 0) is 109 Å². The highest BCUT2D eigenvalue weighted by Gasteiger charge is 2.19. The van der Waals surface area contributed by atoms with Crippen LogP contribution in [0.15, 0.2) is 109 Å². The number of unbranched alkanes of at least 4 members (excludes halogenated alkanes) is 34. The molecule has 1 atom stereocenters. The zero-order valence-electron chi connectivity index (χ0n) is 54.0. The molecule has 0 aromatic carbocycles. The fourth-order valence-electron chi connectivity index (χ4n) is 9.81. The van der Waals surface area contributed by atoms with E-state index >= 15 is 0 Å². The Morgan fingerprint density at radius 3 is 0.768 bits per heavy atom. The first-order valence-electron chi connectivity index (χ1n) is 34.9. The monoisotopic (exact) mass is 1140 g/mol. The molecule has 6 heteroatoms. The molecule has 0 amide bonds. The van der Waals surface area contributed by atoms with E-state index in [0.717, 1.165) is 128 Å². The first-order valence-corrected chi connectivity index (χ1v) is 34.9. The highest BCUT2D eigenvalue weighted by Crippen LogP contribution is 2.17. The van der Waals surface area contributed by atoms with Gasteiger partial charge < -0.3 is 14.2 Å². The number of ether oxygens (including phenoxy) is 3. The van der Waals surface area contributed by atoms with E-state index < -0.39 is 6.10 Å². The summed E-state index contributed by atoms with van der Waals surface area (Å²) in [5.41, 5.74) is 0. The fraction of sp³-hybridized carbons (Fsp3) is 0.724. The van der Waals surface area contributed by atoms with Crippen LogP contribution in [0.3, 0.4) is 0 Å². The summed E-state index contributed by atoms with van der Waals surface area (Å²) in [5, 5.41) is 0. The van der Waals surface area contributed by atoms with E-state index in [-0.39, 0.29) is 31.1 Å². The van der Waals surface area contributed by atoms with Gasteiger partial charge in [-0.15, -0.1) is 0 Å². The topological polar surface area (TPSA) is 78.9 Å². The predicted octanol–water partition coefficient (Wildman–Crippen LogP) is 24.2. The van der Waals surface area contributed by atoms with Crippen LogP contribution in [0.25, 0.3) is 0 Å². The van der Waals surface area contributed by atoms with Crippen molar-refractivity contribution in [2.24, 2.45) is 0 Å². The molecule has 470 valence electrons. The molecule has 0 saturated carbocycles. The molecule has 0 radical (unpaired) electrons. The van der Waals surface area contributed by atoms with Crippen molar-refractivity contribution in [3.8, 4) is 0 Å². The maximum Gasteiger partial charge on any atom is 0.306 e. The predicted molar refractivity (Wildman–Crippen MR) is 357 cm³/mol. The molecular formula is C76H130O6. The van der Waals surface area contributed by atoms with Gasteiger partial charge in [0.15, 0.2) is 6.10 Å². The van der Waals surface area contributed by atoms with Crippen LogP contribution in [0.2, 0.25) is 0 Å². The van der Waals surface area contributed by atoms with Crippen LogP contribution < -0.4 is 0 Å². The van der Waals surface area contributed by atoms with Crippen molar-refractivity contribution in [2.45, 2.75) is 341 Å². The Kier molecular flexibility index (Phi) is 66.2. The zero-order chi connectivity index (χ0) is 59.2. The Balaban J connectivity index is 4.35. The highest BCUT2D eigenvalue weighted by molar-refractivity contribution is 5.71. The van der Waals surface area contributed by atoms with Crippen molar-refractivity contribution in [1.29, 1.82) is 0 Å². The van der Waals surface area contributed by atoms with Gasteiger partial charge in [0.05, 0.1) is 0 Å². The molecule has 0 saturated heterocycles. The second-order valence-corrected chi connectivity index (χ2v) is 23.1. The molecule has 0 spiro atoms. The largest absolute Gasteiger partial charge is 0.462 e. The summed E-state index contributed by atoms with van der Waals surface area (Å²) < 4.78 is 16.9. The van der Waals surface area contributed by atoms with Gasteiger partial charge in [0, 0.05) is 19.3 Å². The lowest BCUT2D eigenvalue weighted by Gasteiger charge is -2.18. The normalized spacial score (nSPS) is 12.8. The molecule has 0 rings (SSSR count). The summed E-state index contributed by atoms with van der Waals surface area (Å²) in [4.78, 5) is 38.4. The summed E-state index contributed by atoms with van der Waals surface area (Å²) in [7, 11) is 0. The van der Waals surface area contributed by atoms with Crippen molar-refractivity contribution >= 4 is 17.9 Å². The molecule has 0 aliphatic heterocycles. The van der Waals surface area contributed by atoms with Gasteiger partial charge in [0.1, 0.15) is 13.2 Å². The van der Waals surface area contributed by atoms with E-state index in [0.29, 0.717) is 19.3 Å². The van der Waals surface area contributed by atoms with Gasteiger partial charge in [0.25, 0.3) is 0 Å². The molecule has 0 aromatic heterocycles. The number of carbonyl (C=O) groups is 3. The van der Waals surface area contributed by atoms with Crippen molar-refractivity contribution in [1.82, 2.24) is 0 Å². The van der Waals surface area contributed by atoms with Crippen LogP contribution in [0.4, 0.5) is 0 Å². The molecule has 82 heavy (non-hydrogen) atoms. The lowest BCUT2D eigenvalue weighted by Crippen LogP contribution is -2.30. The van der Waals surface area contributed by atoms with Crippen molar-refractivity contribution in [3.63, 3.8) is 0 Å². The molecule has 0 fully saturated rings. The fourth-order valence-corrected chi connectivity index (χ4v) is 9.81. The summed E-state index contributed by atoms with van der Waals surface area (Å²) in [6.07, 6.45) is 95.4. The maximum absolute atomic E-state index is 12.9. The van der Waals surface area contributed by atoms with Gasteiger partial charge in [-0.1, -0.05) is 316 Å². The standard InChI is InChI=1S/C76H130O6/c1-4-7-10-13-16-19-22-25-27-29-31-33-35-36-37-38-39-40-41-43-44-46-48-51-54-57-60-63-66-69-75(78)81-72-73(71-80-74(77)68-65-62-59-56-53-50-24-21-18-15-12-9-6-3)82-76(79)70-67-64-61-58-55-52-49-47-45-42-34-32-30-28-26-23-20-17-14-11-8-5-2/h7,10,16,19,21,24-25,27,31,33,36-37,39-40,43-44,48,51,73H,4-6,8-9,11-15,17-18,20,22-23,26,28-30,32,34-35,38,41-42,45-47,49-50,52-72H2,1-3H3/b10-7-,19-16-,24-21-,27-25-,33-31-,37-36-,40-39-,44-43-,51-48-. The SMILES string of the molecule is CC/C=C\C/C=C\C/C=C\C/C=C\C/C=C\C/C=C\C/C=C\C/C=C\CCCCCCC(=O)OCC(COC(=O)CCCCCCC/C=C\CCCCCC)OC(=O)CCCCCCCCCCCCCCCCCCCCCCCC. The summed E-state index contributed by atoms with van der Waals surface area (Å²) in [6.45, 7) is 6.52. The third-order valence-corrected chi connectivity index (χ3v) is 15.0. The van der Waals surface area contributed by atoms with E-state index in [1.165, 1.54) is 167 Å². The number of hydrogen-bond acceptors (Lipinski definition) is 6. The third-order valence-electron chi connectivity index (χ3n) is 15.0. The Morgan fingerprint density at radius 1 is 0.256 bits per heavy atom. The van der Waals surface area contributed by atoms with Crippen molar-refractivity contribution in [3.05, 3.63) is 109 Å². The minimum atomic E-state index is -0.793. The zero-order valence-corrected chi connectivity index (χ0v) is 54.0. The quantitative estimate of drug-likeness (QED) is 0.0261. The van der Waals surface area contributed by atoms with Crippen LogP contribution >= 0.6 is 0 Å². The third kappa shape index (κ3) is 66.9. The van der Waals surface area contributed by atoms with Gasteiger partial charge in [-0.2, -0.15) is 0 Å². The van der Waals surface area contributed by atoms with E-state index in [1.807, 2.05) is 0 Å². The second-order valence-electron chi connectivity index (χ2n) is 23.1. The van der Waals surface area contributed by atoms with E-state index in [9.17, 15) is 14.4 Å². The van der Waals surface area contributed by atoms with Gasteiger partial charge in [-0.3, -0.25) is 14.4 Å². The Hall–Kier alpha value is -3.93. The smallest absolute Gasteiger partial charge is 0.306 e. The van der Waals surface area contributed by atoms with Crippen molar-refractivity contribution in [2.75, 3.05) is 13.2 Å². The maximum atomic E-state index is 12.9. The second kappa shape index (κ2) is 69.6.